The van der Waals surface area contributed by atoms with Crippen LogP contribution in [-0.4, -0.2) is 34.2 Å². The molecule has 7 heteroatoms. The van der Waals surface area contributed by atoms with Gasteiger partial charge in [0.25, 0.3) is 0 Å². The first-order valence-corrected chi connectivity index (χ1v) is 10.8. The van der Waals surface area contributed by atoms with Crippen LogP contribution in [0.25, 0.3) is 22.7 Å². The zero-order valence-corrected chi connectivity index (χ0v) is 17.8. The molecule has 7 nitrogen and oxygen atoms in total. The average Bonchev–Trinajstić information content (AvgIpc) is 3.49. The molecule has 1 atom stereocenters. The standard InChI is InChI=1S/C25H24N4O3/c1-17-13-14-22(31-17)23-27-24(32-28-23)19-10-7-15-29(16-19)25(30)26-21-12-6-5-11-20(21)18-8-3-2-4-9-18/h2-6,8-9,11-14,19H,7,10,15-16H2,1H3,(H,26,30). The second-order valence-corrected chi connectivity index (χ2v) is 7.99. The lowest BCUT2D eigenvalue weighted by atomic mass is 9.98. The third kappa shape index (κ3) is 4.14. The van der Waals surface area contributed by atoms with Crippen LogP contribution >= 0.6 is 0 Å². The summed E-state index contributed by atoms with van der Waals surface area (Å²) in [4.78, 5) is 19.4. The Hall–Kier alpha value is -3.87. The van der Waals surface area contributed by atoms with Crippen molar-refractivity contribution < 1.29 is 13.7 Å². The molecular weight excluding hydrogens is 404 g/mol. The summed E-state index contributed by atoms with van der Waals surface area (Å²) in [5.74, 6) is 2.35. The topological polar surface area (TPSA) is 84.4 Å². The maximum atomic E-state index is 13.1. The third-order valence-electron chi connectivity index (χ3n) is 5.71. The van der Waals surface area contributed by atoms with Gasteiger partial charge in [-0.2, -0.15) is 4.98 Å². The van der Waals surface area contributed by atoms with Gasteiger partial charge in [0.1, 0.15) is 5.76 Å². The van der Waals surface area contributed by atoms with Crippen molar-refractivity contribution in [1.29, 1.82) is 0 Å². The number of hydrogen-bond acceptors (Lipinski definition) is 5. The number of aryl methyl sites for hydroxylation is 1. The van der Waals surface area contributed by atoms with E-state index in [-0.39, 0.29) is 11.9 Å². The van der Waals surface area contributed by atoms with Crippen LogP contribution in [0.2, 0.25) is 0 Å². The molecule has 2 amide bonds. The van der Waals surface area contributed by atoms with E-state index in [2.05, 4.69) is 15.5 Å². The van der Waals surface area contributed by atoms with E-state index in [4.69, 9.17) is 8.94 Å². The molecule has 3 heterocycles. The number of piperidine rings is 1. The molecule has 0 bridgehead atoms. The smallest absolute Gasteiger partial charge is 0.321 e. The minimum atomic E-state index is -0.125. The molecule has 1 saturated heterocycles. The van der Waals surface area contributed by atoms with Crippen LogP contribution in [0.4, 0.5) is 10.5 Å². The highest BCUT2D eigenvalue weighted by atomic mass is 16.5. The molecule has 0 aliphatic carbocycles. The van der Waals surface area contributed by atoms with E-state index in [0.717, 1.165) is 35.4 Å². The van der Waals surface area contributed by atoms with Crippen LogP contribution in [0.5, 0.6) is 0 Å². The van der Waals surface area contributed by atoms with Gasteiger partial charge in [-0.3, -0.25) is 0 Å². The van der Waals surface area contributed by atoms with E-state index < -0.39 is 0 Å². The molecule has 5 rings (SSSR count). The van der Waals surface area contributed by atoms with Crippen LogP contribution in [0.1, 0.15) is 30.4 Å². The van der Waals surface area contributed by atoms with E-state index in [1.807, 2.05) is 78.6 Å². The molecule has 162 valence electrons. The summed E-state index contributed by atoms with van der Waals surface area (Å²) in [7, 11) is 0. The number of hydrogen-bond donors (Lipinski definition) is 1. The highest BCUT2D eigenvalue weighted by Crippen LogP contribution is 2.30. The molecule has 2 aromatic heterocycles. The largest absolute Gasteiger partial charge is 0.458 e. The van der Waals surface area contributed by atoms with Gasteiger partial charge in [-0.25, -0.2) is 4.79 Å². The second kappa shape index (κ2) is 8.70. The number of nitrogens with one attached hydrogen (secondary N) is 1. The summed E-state index contributed by atoms with van der Waals surface area (Å²) in [5, 5.41) is 7.15. The number of furan rings is 1. The van der Waals surface area contributed by atoms with Gasteiger partial charge in [0.15, 0.2) is 5.76 Å². The predicted molar refractivity (Wildman–Crippen MR) is 121 cm³/mol. The lowest BCUT2D eigenvalue weighted by molar-refractivity contribution is 0.184. The number of carbonyl (C=O) groups is 1. The first kappa shape index (κ1) is 20.1. The highest BCUT2D eigenvalue weighted by molar-refractivity contribution is 5.94. The minimum Gasteiger partial charge on any atom is -0.458 e. The second-order valence-electron chi connectivity index (χ2n) is 7.99. The third-order valence-corrected chi connectivity index (χ3v) is 5.71. The van der Waals surface area contributed by atoms with E-state index in [0.29, 0.717) is 30.6 Å². The zero-order chi connectivity index (χ0) is 21.9. The summed E-state index contributed by atoms with van der Waals surface area (Å²) in [5.41, 5.74) is 2.84. The summed E-state index contributed by atoms with van der Waals surface area (Å²) in [6.07, 6.45) is 1.76. The molecule has 0 saturated carbocycles. The van der Waals surface area contributed by atoms with Gasteiger partial charge in [-0.1, -0.05) is 53.7 Å². The highest BCUT2D eigenvalue weighted by Gasteiger charge is 2.29. The Morgan fingerprint density at radius 2 is 1.88 bits per heavy atom. The number of rotatable bonds is 4. The van der Waals surface area contributed by atoms with Crippen molar-refractivity contribution in [2.75, 3.05) is 18.4 Å². The quantitative estimate of drug-likeness (QED) is 0.450. The first-order chi connectivity index (χ1) is 15.7. The molecule has 1 fully saturated rings. The Bertz CT molecular complexity index is 1210. The monoisotopic (exact) mass is 428 g/mol. The van der Waals surface area contributed by atoms with Crippen molar-refractivity contribution in [3.8, 4) is 22.7 Å². The maximum absolute atomic E-state index is 13.1. The average molecular weight is 428 g/mol. The maximum Gasteiger partial charge on any atom is 0.321 e. The van der Waals surface area contributed by atoms with Gasteiger partial charge in [0.2, 0.25) is 11.7 Å². The number of carbonyl (C=O) groups excluding carboxylic acids is 1. The van der Waals surface area contributed by atoms with Gasteiger partial charge >= 0.3 is 6.03 Å². The molecule has 2 aromatic carbocycles. The molecular formula is C25H24N4O3. The van der Waals surface area contributed by atoms with Gasteiger partial charge in [0.05, 0.1) is 11.6 Å². The summed E-state index contributed by atoms with van der Waals surface area (Å²) < 4.78 is 11.1. The van der Waals surface area contributed by atoms with E-state index >= 15 is 0 Å². The fourth-order valence-electron chi connectivity index (χ4n) is 4.07. The Kier molecular flexibility index (Phi) is 5.46. The lowest BCUT2D eigenvalue weighted by Gasteiger charge is -2.31. The summed E-state index contributed by atoms with van der Waals surface area (Å²) >= 11 is 0. The van der Waals surface area contributed by atoms with Crippen LogP contribution < -0.4 is 5.32 Å². The molecule has 1 aliphatic heterocycles. The Morgan fingerprint density at radius 1 is 1.06 bits per heavy atom. The normalized spacial score (nSPS) is 16.2. The lowest BCUT2D eigenvalue weighted by Crippen LogP contribution is -2.41. The Balaban J connectivity index is 1.30. The van der Waals surface area contributed by atoms with Crippen molar-refractivity contribution in [3.63, 3.8) is 0 Å². The number of amides is 2. The van der Waals surface area contributed by atoms with Gasteiger partial charge < -0.3 is 19.2 Å². The number of benzene rings is 2. The number of anilines is 1. The number of para-hydroxylation sites is 1. The van der Waals surface area contributed by atoms with E-state index in [1.165, 1.54) is 0 Å². The summed E-state index contributed by atoms with van der Waals surface area (Å²) in [6, 6.07) is 21.5. The number of aromatic nitrogens is 2. The van der Waals surface area contributed by atoms with E-state index in [1.54, 1.807) is 0 Å². The molecule has 1 unspecified atom stereocenters. The molecule has 0 radical (unpaired) electrons. The van der Waals surface area contributed by atoms with Crippen molar-refractivity contribution >= 4 is 11.7 Å². The van der Waals surface area contributed by atoms with Crippen LogP contribution in [-0.2, 0) is 0 Å². The number of likely N-dealkylation sites (tertiary alicyclic amines) is 1. The first-order valence-electron chi connectivity index (χ1n) is 10.8. The number of urea groups is 1. The molecule has 1 aliphatic rings. The Labute approximate surface area is 186 Å². The Morgan fingerprint density at radius 3 is 2.69 bits per heavy atom. The summed E-state index contributed by atoms with van der Waals surface area (Å²) in [6.45, 7) is 3.09. The van der Waals surface area contributed by atoms with Crippen molar-refractivity contribution in [2.24, 2.45) is 0 Å². The van der Waals surface area contributed by atoms with Gasteiger partial charge in [-0.15, -0.1) is 0 Å². The van der Waals surface area contributed by atoms with Crippen LogP contribution in [0.3, 0.4) is 0 Å². The van der Waals surface area contributed by atoms with Crippen LogP contribution in [0.15, 0.2) is 75.7 Å². The van der Waals surface area contributed by atoms with Crippen molar-refractivity contribution in [2.45, 2.75) is 25.7 Å². The van der Waals surface area contributed by atoms with Crippen molar-refractivity contribution in [1.82, 2.24) is 15.0 Å². The fraction of sp³-hybridized carbons (Fsp3) is 0.240. The molecule has 0 spiro atoms. The zero-order valence-electron chi connectivity index (χ0n) is 17.8. The number of nitrogens with zero attached hydrogens (tertiary/aromatic N) is 3. The van der Waals surface area contributed by atoms with Crippen molar-refractivity contribution in [3.05, 3.63) is 78.4 Å². The van der Waals surface area contributed by atoms with E-state index in [9.17, 15) is 4.79 Å². The fourth-order valence-corrected chi connectivity index (χ4v) is 4.07. The van der Waals surface area contributed by atoms with Gasteiger partial charge in [-0.05, 0) is 43.5 Å². The molecule has 32 heavy (non-hydrogen) atoms. The minimum absolute atomic E-state index is 0.00354. The molecule has 4 aromatic rings. The van der Waals surface area contributed by atoms with Gasteiger partial charge in [0, 0.05) is 18.7 Å². The predicted octanol–water partition coefficient (Wildman–Crippen LogP) is 5.72. The molecule has 1 N–H and O–H groups in total. The van der Waals surface area contributed by atoms with Crippen LogP contribution in [0, 0.1) is 6.92 Å². The SMILES string of the molecule is Cc1ccc(-c2noc(C3CCCN(C(=O)Nc4ccccc4-c4ccccc4)C3)n2)o1.